The van der Waals surface area contributed by atoms with E-state index in [0.29, 0.717) is 0 Å². The van der Waals surface area contributed by atoms with E-state index in [1.807, 2.05) is 26.1 Å². The molecule has 0 aliphatic rings. The summed E-state index contributed by atoms with van der Waals surface area (Å²) in [5, 5.41) is 1.02. The molecule has 94 valence electrons. The third-order valence-corrected chi connectivity index (χ3v) is 3.66. The molecule has 1 rings (SSSR count). The van der Waals surface area contributed by atoms with E-state index in [1.54, 1.807) is 11.3 Å². The zero-order valence-electron chi connectivity index (χ0n) is 10.9. The van der Waals surface area contributed by atoms with Crippen LogP contribution >= 0.6 is 11.3 Å². The largest absolute Gasteiger partial charge is 0.349 e. The highest BCUT2D eigenvalue weighted by atomic mass is 32.1. The molecule has 0 saturated carbocycles. The van der Waals surface area contributed by atoms with Gasteiger partial charge in [-0.2, -0.15) is 0 Å². The van der Waals surface area contributed by atoms with Crippen LogP contribution in [0.5, 0.6) is 0 Å². The number of thiazole rings is 1. The quantitative estimate of drug-likeness (QED) is 0.575. The molecule has 0 saturated heterocycles. The van der Waals surface area contributed by atoms with Gasteiger partial charge in [0.05, 0.1) is 0 Å². The lowest BCUT2D eigenvalue weighted by molar-refractivity contribution is -0.105. The second-order valence-electron chi connectivity index (χ2n) is 4.13. The first-order valence-corrected chi connectivity index (χ1v) is 6.81. The number of hydrogen-bond donors (Lipinski definition) is 0. The van der Waals surface area contributed by atoms with Crippen molar-refractivity contribution in [3.05, 3.63) is 16.6 Å². The predicted molar refractivity (Wildman–Crippen MR) is 74.6 cm³/mol. The van der Waals surface area contributed by atoms with Crippen molar-refractivity contribution in [3.8, 4) is 0 Å². The molecule has 1 aromatic heterocycles. The average Bonchev–Trinajstić information content (AvgIpc) is 2.76. The number of carbonyl (C=O) groups excluding carboxylic acids is 1. The molecule has 0 atom stereocenters. The van der Waals surface area contributed by atoms with E-state index in [4.69, 9.17) is 0 Å². The molecule has 0 aliphatic heterocycles. The Kier molecular flexibility index (Phi) is 5.35. The van der Waals surface area contributed by atoms with Gasteiger partial charge in [0.25, 0.3) is 0 Å². The summed E-state index contributed by atoms with van der Waals surface area (Å²) in [5.74, 6) is 0.256. The molecule has 0 aromatic carbocycles. The first kappa shape index (κ1) is 13.9. The zero-order valence-corrected chi connectivity index (χ0v) is 11.8. The Bertz CT molecular complexity index is 392. The highest BCUT2D eigenvalue weighted by Gasteiger charge is 2.08. The molecular formula is C13H20N2OS. The second kappa shape index (κ2) is 6.55. The summed E-state index contributed by atoms with van der Waals surface area (Å²) in [5.41, 5.74) is 0.819. The SMILES string of the molecule is CCN(CC)c1ncc(C=C(C=O)C(C)C)s1. The highest BCUT2D eigenvalue weighted by Crippen LogP contribution is 2.25. The maximum atomic E-state index is 10.9. The number of aldehydes is 1. The first-order chi connectivity index (χ1) is 8.12. The Labute approximate surface area is 107 Å². The third-order valence-electron chi connectivity index (χ3n) is 2.66. The second-order valence-corrected chi connectivity index (χ2v) is 5.18. The number of rotatable bonds is 6. The van der Waals surface area contributed by atoms with Crippen LogP contribution < -0.4 is 4.90 Å². The van der Waals surface area contributed by atoms with Crippen molar-refractivity contribution < 1.29 is 4.79 Å². The van der Waals surface area contributed by atoms with Gasteiger partial charge in [0, 0.05) is 24.2 Å². The van der Waals surface area contributed by atoms with Gasteiger partial charge >= 0.3 is 0 Å². The molecule has 17 heavy (non-hydrogen) atoms. The molecule has 0 unspecified atom stereocenters. The lowest BCUT2D eigenvalue weighted by Crippen LogP contribution is -2.21. The van der Waals surface area contributed by atoms with Gasteiger partial charge in [-0.05, 0) is 31.4 Å². The first-order valence-electron chi connectivity index (χ1n) is 5.99. The number of anilines is 1. The number of carbonyl (C=O) groups is 1. The van der Waals surface area contributed by atoms with E-state index < -0.39 is 0 Å². The molecule has 0 fully saturated rings. The van der Waals surface area contributed by atoms with Gasteiger partial charge in [-0.1, -0.05) is 25.2 Å². The summed E-state index contributed by atoms with van der Waals surface area (Å²) in [6.45, 7) is 10.2. The Morgan fingerprint density at radius 3 is 2.59 bits per heavy atom. The molecule has 1 aromatic rings. The van der Waals surface area contributed by atoms with Crippen molar-refractivity contribution in [2.24, 2.45) is 5.92 Å². The maximum Gasteiger partial charge on any atom is 0.185 e. The number of hydrogen-bond acceptors (Lipinski definition) is 4. The van der Waals surface area contributed by atoms with E-state index in [1.165, 1.54) is 0 Å². The molecular weight excluding hydrogens is 232 g/mol. The van der Waals surface area contributed by atoms with Crippen LogP contribution in [0.3, 0.4) is 0 Å². The van der Waals surface area contributed by atoms with Crippen molar-refractivity contribution in [1.82, 2.24) is 4.98 Å². The van der Waals surface area contributed by atoms with Gasteiger partial charge in [0.2, 0.25) is 0 Å². The molecule has 0 spiro atoms. The summed E-state index contributed by atoms with van der Waals surface area (Å²) < 4.78 is 0. The summed E-state index contributed by atoms with van der Waals surface area (Å²) >= 11 is 1.63. The van der Waals surface area contributed by atoms with E-state index in [2.05, 4.69) is 23.7 Å². The fourth-order valence-corrected chi connectivity index (χ4v) is 2.49. The Balaban J connectivity index is 2.91. The van der Waals surface area contributed by atoms with Crippen LogP contribution in [0.2, 0.25) is 0 Å². The summed E-state index contributed by atoms with van der Waals surface area (Å²) in [4.78, 5) is 18.5. The van der Waals surface area contributed by atoms with Crippen LogP contribution in [0.25, 0.3) is 6.08 Å². The molecule has 3 nitrogen and oxygen atoms in total. The minimum absolute atomic E-state index is 0.256. The Hall–Kier alpha value is -1.16. The Morgan fingerprint density at radius 2 is 2.12 bits per heavy atom. The van der Waals surface area contributed by atoms with Crippen molar-refractivity contribution in [2.75, 3.05) is 18.0 Å². The predicted octanol–water partition coefficient (Wildman–Crippen LogP) is 3.23. The van der Waals surface area contributed by atoms with Crippen LogP contribution in [0.1, 0.15) is 32.6 Å². The smallest absolute Gasteiger partial charge is 0.185 e. The molecule has 0 aliphatic carbocycles. The molecule has 1 heterocycles. The number of nitrogens with zero attached hydrogens (tertiary/aromatic N) is 2. The van der Waals surface area contributed by atoms with Gasteiger partial charge in [-0.25, -0.2) is 4.98 Å². The van der Waals surface area contributed by atoms with Crippen molar-refractivity contribution in [2.45, 2.75) is 27.7 Å². The number of aromatic nitrogens is 1. The molecule has 4 heteroatoms. The maximum absolute atomic E-state index is 10.9. The average molecular weight is 252 g/mol. The van der Waals surface area contributed by atoms with Gasteiger partial charge < -0.3 is 4.90 Å². The van der Waals surface area contributed by atoms with Gasteiger partial charge in [0.15, 0.2) is 5.13 Å². The molecule has 0 amide bonds. The highest BCUT2D eigenvalue weighted by molar-refractivity contribution is 7.16. The van der Waals surface area contributed by atoms with Crippen LogP contribution in [0.4, 0.5) is 5.13 Å². The lowest BCUT2D eigenvalue weighted by Gasteiger charge is -2.16. The van der Waals surface area contributed by atoms with Crippen LogP contribution in [0, 0.1) is 5.92 Å². The van der Waals surface area contributed by atoms with Crippen molar-refractivity contribution >= 4 is 28.8 Å². The molecule has 0 N–H and O–H groups in total. The standard InChI is InChI=1S/C13H20N2OS/c1-5-15(6-2)13-14-8-12(17-13)7-11(9-16)10(3)4/h7-10H,5-6H2,1-4H3. The third kappa shape index (κ3) is 3.66. The minimum atomic E-state index is 0.256. The fourth-order valence-electron chi connectivity index (χ4n) is 1.49. The van der Waals surface area contributed by atoms with E-state index in [0.717, 1.165) is 35.0 Å². The topological polar surface area (TPSA) is 33.2 Å². The summed E-state index contributed by atoms with van der Waals surface area (Å²) in [6, 6.07) is 0. The van der Waals surface area contributed by atoms with Gasteiger partial charge in [-0.3, -0.25) is 4.79 Å². The Morgan fingerprint density at radius 1 is 1.47 bits per heavy atom. The van der Waals surface area contributed by atoms with Crippen LogP contribution in [-0.2, 0) is 4.79 Å². The fraction of sp³-hybridized carbons (Fsp3) is 0.538. The monoisotopic (exact) mass is 252 g/mol. The zero-order chi connectivity index (χ0) is 12.8. The normalized spacial score (nSPS) is 11.9. The van der Waals surface area contributed by atoms with Gasteiger partial charge in [-0.15, -0.1) is 0 Å². The molecule has 0 bridgehead atoms. The molecule has 0 radical (unpaired) electrons. The van der Waals surface area contributed by atoms with Crippen LogP contribution in [-0.4, -0.2) is 24.4 Å². The van der Waals surface area contributed by atoms with Crippen LogP contribution in [0.15, 0.2) is 11.8 Å². The van der Waals surface area contributed by atoms with Gasteiger partial charge in [0.1, 0.15) is 6.29 Å². The van der Waals surface area contributed by atoms with E-state index in [9.17, 15) is 4.79 Å². The van der Waals surface area contributed by atoms with Crippen molar-refractivity contribution in [1.29, 1.82) is 0 Å². The van der Waals surface area contributed by atoms with Crippen molar-refractivity contribution in [3.63, 3.8) is 0 Å². The van der Waals surface area contributed by atoms with E-state index in [-0.39, 0.29) is 5.92 Å². The number of allylic oxidation sites excluding steroid dienone is 1. The summed E-state index contributed by atoms with van der Waals surface area (Å²) in [6.07, 6.45) is 4.70. The minimum Gasteiger partial charge on any atom is -0.349 e. The summed E-state index contributed by atoms with van der Waals surface area (Å²) in [7, 11) is 0. The lowest BCUT2D eigenvalue weighted by atomic mass is 10.0. The van der Waals surface area contributed by atoms with E-state index >= 15 is 0 Å².